The third-order valence-corrected chi connectivity index (χ3v) is 4.98. The van der Waals surface area contributed by atoms with Crippen LogP contribution < -0.4 is 16.6 Å². The topological polar surface area (TPSA) is 73.1 Å². The quantitative estimate of drug-likeness (QED) is 0.831. The summed E-state index contributed by atoms with van der Waals surface area (Å²) in [6.07, 6.45) is 1.56. The molecule has 1 N–H and O–H groups in total. The fraction of sp³-hybridized carbons (Fsp3) is 0.588. The smallest absolute Gasteiger partial charge is 0.332 e. The second kappa shape index (κ2) is 7.79. The SMILES string of the molecule is CCC(C)NC(=O)Cn1c(=O)n(CCC(C)C)c(=O)c2sccc21. The van der Waals surface area contributed by atoms with Gasteiger partial charge in [0.2, 0.25) is 5.91 Å². The lowest BCUT2D eigenvalue weighted by atomic mass is 10.1. The molecule has 0 bridgehead atoms. The maximum absolute atomic E-state index is 12.8. The van der Waals surface area contributed by atoms with E-state index in [2.05, 4.69) is 5.32 Å². The van der Waals surface area contributed by atoms with Gasteiger partial charge in [-0.05, 0) is 37.1 Å². The molecule has 2 aromatic heterocycles. The number of nitrogens with zero attached hydrogens (tertiary/aromatic N) is 2. The molecule has 6 nitrogen and oxygen atoms in total. The molecule has 0 aliphatic rings. The first kappa shape index (κ1) is 18.4. The molecule has 0 saturated carbocycles. The van der Waals surface area contributed by atoms with Crippen molar-refractivity contribution in [2.75, 3.05) is 0 Å². The summed E-state index contributed by atoms with van der Waals surface area (Å²) in [5, 5.41) is 4.64. The molecule has 0 aliphatic heterocycles. The maximum Gasteiger partial charge on any atom is 0.332 e. The van der Waals surface area contributed by atoms with E-state index in [0.717, 1.165) is 12.8 Å². The standard InChI is InChI=1S/C17H25N3O3S/c1-5-12(4)18-14(21)10-20-13-7-9-24-15(13)16(22)19(17(20)23)8-6-11(2)3/h7,9,11-12H,5-6,8,10H2,1-4H3,(H,18,21). The Morgan fingerprint density at radius 1 is 1.25 bits per heavy atom. The number of aromatic nitrogens is 2. The molecule has 0 fully saturated rings. The van der Waals surface area contributed by atoms with E-state index >= 15 is 0 Å². The summed E-state index contributed by atoms with van der Waals surface area (Å²) in [7, 11) is 0. The molecule has 0 aliphatic carbocycles. The van der Waals surface area contributed by atoms with Crippen LogP contribution in [-0.2, 0) is 17.9 Å². The minimum atomic E-state index is -0.411. The summed E-state index contributed by atoms with van der Waals surface area (Å²) >= 11 is 1.31. The molecule has 24 heavy (non-hydrogen) atoms. The number of amides is 1. The zero-order chi connectivity index (χ0) is 17.9. The first-order valence-corrected chi connectivity index (χ1v) is 9.23. The highest BCUT2D eigenvalue weighted by Crippen LogP contribution is 2.15. The monoisotopic (exact) mass is 351 g/mol. The van der Waals surface area contributed by atoms with Crippen LogP contribution in [0.5, 0.6) is 0 Å². The first-order chi connectivity index (χ1) is 11.3. The van der Waals surface area contributed by atoms with E-state index in [-0.39, 0.29) is 24.1 Å². The average Bonchev–Trinajstić information content (AvgIpc) is 3.00. The number of nitrogens with one attached hydrogen (secondary N) is 1. The zero-order valence-electron chi connectivity index (χ0n) is 14.7. The van der Waals surface area contributed by atoms with Crippen molar-refractivity contribution in [3.63, 3.8) is 0 Å². The van der Waals surface area contributed by atoms with E-state index in [9.17, 15) is 14.4 Å². The van der Waals surface area contributed by atoms with E-state index in [0.29, 0.717) is 22.7 Å². The third kappa shape index (κ3) is 3.95. The number of thiophene rings is 1. The van der Waals surface area contributed by atoms with Crippen molar-refractivity contribution in [1.29, 1.82) is 0 Å². The molecule has 1 amide bonds. The molecular formula is C17H25N3O3S. The molecule has 0 aromatic carbocycles. The minimum Gasteiger partial charge on any atom is -0.352 e. The fourth-order valence-electron chi connectivity index (χ4n) is 2.44. The van der Waals surface area contributed by atoms with Crippen molar-refractivity contribution < 1.29 is 4.79 Å². The molecule has 132 valence electrons. The normalized spacial score (nSPS) is 12.7. The molecule has 2 aromatic rings. The number of carbonyl (C=O) groups is 1. The van der Waals surface area contributed by atoms with Gasteiger partial charge in [-0.2, -0.15) is 0 Å². The molecule has 1 atom stereocenters. The van der Waals surface area contributed by atoms with Crippen LogP contribution in [0.15, 0.2) is 21.0 Å². The number of carbonyl (C=O) groups excluding carboxylic acids is 1. The maximum atomic E-state index is 12.8. The summed E-state index contributed by atoms with van der Waals surface area (Å²) in [4.78, 5) is 37.5. The molecule has 1 unspecified atom stereocenters. The Morgan fingerprint density at radius 2 is 1.96 bits per heavy atom. The van der Waals surface area contributed by atoms with Gasteiger partial charge in [-0.3, -0.25) is 18.7 Å². The van der Waals surface area contributed by atoms with Gasteiger partial charge in [0.15, 0.2) is 0 Å². The van der Waals surface area contributed by atoms with Crippen LogP contribution in [0.4, 0.5) is 0 Å². The summed E-state index contributed by atoms with van der Waals surface area (Å²) in [5.41, 5.74) is -0.134. The Hall–Kier alpha value is -1.89. The van der Waals surface area contributed by atoms with Gasteiger partial charge < -0.3 is 5.32 Å². The van der Waals surface area contributed by atoms with Crippen LogP contribution in [0.2, 0.25) is 0 Å². The summed E-state index contributed by atoms with van der Waals surface area (Å²) in [6, 6.07) is 1.78. The number of fused-ring (bicyclic) bond motifs is 1. The Morgan fingerprint density at radius 3 is 2.58 bits per heavy atom. The van der Waals surface area contributed by atoms with E-state index < -0.39 is 5.69 Å². The van der Waals surface area contributed by atoms with Gasteiger partial charge in [0, 0.05) is 12.6 Å². The van der Waals surface area contributed by atoms with Gasteiger partial charge in [-0.15, -0.1) is 11.3 Å². The van der Waals surface area contributed by atoms with Gasteiger partial charge in [0.1, 0.15) is 11.2 Å². The van der Waals surface area contributed by atoms with Crippen LogP contribution in [0, 0.1) is 5.92 Å². The van der Waals surface area contributed by atoms with Crippen molar-refractivity contribution in [3.05, 3.63) is 32.3 Å². The van der Waals surface area contributed by atoms with Gasteiger partial charge >= 0.3 is 5.69 Å². The molecule has 2 rings (SSSR count). The first-order valence-electron chi connectivity index (χ1n) is 8.35. The van der Waals surface area contributed by atoms with Crippen LogP contribution in [0.3, 0.4) is 0 Å². The minimum absolute atomic E-state index is 0.0537. The second-order valence-electron chi connectivity index (χ2n) is 6.52. The van der Waals surface area contributed by atoms with Crippen molar-refractivity contribution in [1.82, 2.24) is 14.5 Å². The Labute approximate surface area is 145 Å². The van der Waals surface area contributed by atoms with Gasteiger partial charge in [0.25, 0.3) is 5.56 Å². The largest absolute Gasteiger partial charge is 0.352 e. The van der Waals surface area contributed by atoms with E-state index in [1.807, 2.05) is 27.7 Å². The van der Waals surface area contributed by atoms with Crippen LogP contribution in [0.1, 0.15) is 40.5 Å². The Bertz CT molecular complexity index is 832. The predicted molar refractivity (Wildman–Crippen MR) is 97.7 cm³/mol. The Kier molecular flexibility index (Phi) is 5.99. The van der Waals surface area contributed by atoms with Crippen LogP contribution >= 0.6 is 11.3 Å². The summed E-state index contributed by atoms with van der Waals surface area (Å²) in [5.74, 6) is 0.172. The third-order valence-electron chi connectivity index (χ3n) is 4.09. The van der Waals surface area contributed by atoms with Crippen molar-refractivity contribution in [3.8, 4) is 0 Å². The van der Waals surface area contributed by atoms with Crippen molar-refractivity contribution >= 4 is 27.5 Å². The van der Waals surface area contributed by atoms with Gasteiger partial charge in [0.05, 0.1) is 5.52 Å². The number of hydrogen-bond acceptors (Lipinski definition) is 4. The van der Waals surface area contributed by atoms with Crippen LogP contribution in [-0.4, -0.2) is 21.1 Å². The van der Waals surface area contributed by atoms with Crippen molar-refractivity contribution in [2.24, 2.45) is 5.92 Å². The summed E-state index contributed by atoms with van der Waals surface area (Å²) < 4.78 is 3.19. The van der Waals surface area contributed by atoms with E-state index in [4.69, 9.17) is 0 Å². The van der Waals surface area contributed by atoms with Gasteiger partial charge in [-0.25, -0.2) is 4.79 Å². The van der Waals surface area contributed by atoms with E-state index in [1.165, 1.54) is 20.5 Å². The highest BCUT2D eigenvalue weighted by Gasteiger charge is 2.17. The second-order valence-corrected chi connectivity index (χ2v) is 7.44. The molecule has 0 saturated heterocycles. The lowest BCUT2D eigenvalue weighted by molar-refractivity contribution is -0.122. The zero-order valence-corrected chi connectivity index (χ0v) is 15.5. The molecular weight excluding hydrogens is 326 g/mol. The van der Waals surface area contributed by atoms with E-state index in [1.54, 1.807) is 11.4 Å². The lowest BCUT2D eigenvalue weighted by Crippen LogP contribution is -2.43. The molecule has 0 spiro atoms. The number of hydrogen-bond donors (Lipinski definition) is 1. The Balaban J connectivity index is 2.45. The summed E-state index contributed by atoms with van der Waals surface area (Å²) in [6.45, 7) is 8.30. The van der Waals surface area contributed by atoms with Gasteiger partial charge in [-0.1, -0.05) is 20.8 Å². The fourth-order valence-corrected chi connectivity index (χ4v) is 3.28. The molecule has 0 radical (unpaired) electrons. The molecule has 2 heterocycles. The highest BCUT2D eigenvalue weighted by molar-refractivity contribution is 7.17. The molecule has 7 heteroatoms. The van der Waals surface area contributed by atoms with Crippen molar-refractivity contribution in [2.45, 2.75) is 59.7 Å². The lowest BCUT2D eigenvalue weighted by Gasteiger charge is -2.15. The average molecular weight is 351 g/mol. The predicted octanol–water partition coefficient (Wildman–Crippen LogP) is 2.19. The van der Waals surface area contributed by atoms with Crippen LogP contribution in [0.25, 0.3) is 10.2 Å². The number of rotatable bonds is 7. The highest BCUT2D eigenvalue weighted by atomic mass is 32.1.